The molecule has 0 amide bonds. The van der Waals surface area contributed by atoms with Crippen molar-refractivity contribution in [2.75, 3.05) is 26.4 Å². The molecule has 3 heterocycles. The molecule has 6 heteroatoms. The lowest BCUT2D eigenvalue weighted by atomic mass is 10.1. The molecule has 3 aromatic rings. The van der Waals surface area contributed by atoms with Crippen molar-refractivity contribution in [1.82, 2.24) is 9.38 Å². The van der Waals surface area contributed by atoms with E-state index in [9.17, 15) is 0 Å². The molecule has 0 spiro atoms. The highest BCUT2D eigenvalue weighted by Gasteiger charge is 2.13. The fraction of sp³-hybridized carbons (Fsp3) is 0.333. The number of hydrogen-bond acceptors (Lipinski definition) is 5. The van der Waals surface area contributed by atoms with Gasteiger partial charge in [-0.15, -0.1) is 0 Å². The van der Waals surface area contributed by atoms with Crippen molar-refractivity contribution < 1.29 is 14.2 Å². The predicted molar refractivity (Wildman–Crippen MR) is 101 cm³/mol. The van der Waals surface area contributed by atoms with Gasteiger partial charge in [0.05, 0.1) is 36.2 Å². The zero-order valence-corrected chi connectivity index (χ0v) is 15.0. The van der Waals surface area contributed by atoms with Crippen LogP contribution in [0.5, 0.6) is 5.75 Å². The number of aromatic nitrogens is 2. The van der Waals surface area contributed by atoms with Gasteiger partial charge in [0, 0.05) is 25.0 Å². The normalized spacial score (nSPS) is 14.9. The third-order valence-electron chi connectivity index (χ3n) is 4.67. The molecule has 0 aliphatic carbocycles. The number of rotatable bonds is 6. The predicted octanol–water partition coefficient (Wildman–Crippen LogP) is 3.45. The largest absolute Gasteiger partial charge is 0.491 e. The Balaban J connectivity index is 1.35. The SMILES string of the molecule is N#Cc1ccn2c(-c3ccc(OCCOC4CCOCC4)cc3)cnc2c1. The smallest absolute Gasteiger partial charge is 0.138 e. The fourth-order valence-electron chi connectivity index (χ4n) is 3.20. The standard InChI is InChI=1S/C21H21N3O3/c22-14-16-5-8-24-20(15-23-21(24)13-16)17-1-3-18(4-2-17)26-11-12-27-19-6-9-25-10-7-19/h1-5,8,13,15,19H,6-7,9-12H2. The van der Waals surface area contributed by atoms with Crippen LogP contribution in [-0.4, -0.2) is 41.9 Å². The van der Waals surface area contributed by atoms with E-state index in [-0.39, 0.29) is 0 Å². The number of ether oxygens (including phenoxy) is 3. The van der Waals surface area contributed by atoms with Crippen LogP contribution in [0.3, 0.4) is 0 Å². The van der Waals surface area contributed by atoms with Crippen molar-refractivity contribution in [1.29, 1.82) is 5.26 Å². The van der Waals surface area contributed by atoms with E-state index in [1.54, 1.807) is 12.1 Å². The molecule has 138 valence electrons. The molecule has 1 aromatic carbocycles. The second-order valence-electron chi connectivity index (χ2n) is 6.45. The Bertz CT molecular complexity index is 937. The van der Waals surface area contributed by atoms with Crippen LogP contribution < -0.4 is 4.74 Å². The Morgan fingerprint density at radius 3 is 2.74 bits per heavy atom. The van der Waals surface area contributed by atoms with Crippen LogP contribution in [-0.2, 0) is 9.47 Å². The molecule has 1 saturated heterocycles. The number of nitrogens with zero attached hydrogens (tertiary/aromatic N) is 3. The first-order valence-electron chi connectivity index (χ1n) is 9.13. The molecule has 27 heavy (non-hydrogen) atoms. The third kappa shape index (κ3) is 4.11. The summed E-state index contributed by atoms with van der Waals surface area (Å²) in [6.07, 6.45) is 5.90. The number of imidazole rings is 1. The molecule has 0 atom stereocenters. The molecular formula is C21H21N3O3. The number of benzene rings is 1. The summed E-state index contributed by atoms with van der Waals surface area (Å²) >= 11 is 0. The van der Waals surface area contributed by atoms with E-state index < -0.39 is 0 Å². The van der Waals surface area contributed by atoms with Crippen LogP contribution in [0.1, 0.15) is 18.4 Å². The first-order valence-corrected chi connectivity index (χ1v) is 9.13. The van der Waals surface area contributed by atoms with Gasteiger partial charge in [-0.05, 0) is 49.2 Å². The van der Waals surface area contributed by atoms with Crippen LogP contribution in [0.25, 0.3) is 16.9 Å². The van der Waals surface area contributed by atoms with E-state index in [0.717, 1.165) is 48.7 Å². The summed E-state index contributed by atoms with van der Waals surface area (Å²) in [6.45, 7) is 2.69. The Morgan fingerprint density at radius 2 is 1.96 bits per heavy atom. The Kier molecular flexibility index (Phi) is 5.33. The molecule has 0 saturated carbocycles. The molecule has 1 aliphatic heterocycles. The maximum atomic E-state index is 9.00. The van der Waals surface area contributed by atoms with Gasteiger partial charge in [-0.1, -0.05) is 0 Å². The van der Waals surface area contributed by atoms with E-state index in [1.807, 2.05) is 41.1 Å². The van der Waals surface area contributed by atoms with Crippen LogP contribution in [0.2, 0.25) is 0 Å². The lowest BCUT2D eigenvalue weighted by Gasteiger charge is -2.22. The quantitative estimate of drug-likeness (QED) is 0.628. The van der Waals surface area contributed by atoms with E-state index in [1.165, 1.54) is 0 Å². The number of pyridine rings is 1. The van der Waals surface area contributed by atoms with Crippen LogP contribution in [0.15, 0.2) is 48.8 Å². The molecule has 0 radical (unpaired) electrons. The van der Waals surface area contributed by atoms with E-state index >= 15 is 0 Å². The summed E-state index contributed by atoms with van der Waals surface area (Å²) < 4.78 is 18.9. The molecule has 0 N–H and O–H groups in total. The lowest BCUT2D eigenvalue weighted by molar-refractivity contribution is -0.0388. The van der Waals surface area contributed by atoms with Crippen molar-refractivity contribution in [3.8, 4) is 23.1 Å². The fourth-order valence-corrected chi connectivity index (χ4v) is 3.20. The molecule has 2 aromatic heterocycles. The molecule has 6 nitrogen and oxygen atoms in total. The molecule has 4 rings (SSSR count). The van der Waals surface area contributed by atoms with Crippen LogP contribution >= 0.6 is 0 Å². The van der Waals surface area contributed by atoms with E-state index in [0.29, 0.717) is 24.9 Å². The maximum absolute atomic E-state index is 9.00. The Hall–Kier alpha value is -2.88. The van der Waals surface area contributed by atoms with Gasteiger partial charge in [0.25, 0.3) is 0 Å². The van der Waals surface area contributed by atoms with Crippen molar-refractivity contribution in [3.05, 3.63) is 54.4 Å². The molecule has 0 bridgehead atoms. The van der Waals surface area contributed by atoms with E-state index in [2.05, 4.69) is 11.1 Å². The van der Waals surface area contributed by atoms with Gasteiger partial charge in [-0.3, -0.25) is 4.40 Å². The average molecular weight is 363 g/mol. The Morgan fingerprint density at radius 1 is 1.15 bits per heavy atom. The maximum Gasteiger partial charge on any atom is 0.138 e. The summed E-state index contributed by atoms with van der Waals surface area (Å²) in [7, 11) is 0. The summed E-state index contributed by atoms with van der Waals surface area (Å²) in [5.74, 6) is 0.815. The van der Waals surface area contributed by atoms with Crippen molar-refractivity contribution in [2.45, 2.75) is 18.9 Å². The van der Waals surface area contributed by atoms with Gasteiger partial charge < -0.3 is 14.2 Å². The van der Waals surface area contributed by atoms with E-state index in [4.69, 9.17) is 19.5 Å². The second-order valence-corrected chi connectivity index (χ2v) is 6.45. The zero-order chi connectivity index (χ0) is 18.5. The highest BCUT2D eigenvalue weighted by molar-refractivity contribution is 5.65. The van der Waals surface area contributed by atoms with Crippen molar-refractivity contribution in [2.24, 2.45) is 0 Å². The second kappa shape index (κ2) is 8.21. The van der Waals surface area contributed by atoms with Gasteiger partial charge in [0.2, 0.25) is 0 Å². The van der Waals surface area contributed by atoms with Crippen molar-refractivity contribution >= 4 is 5.65 Å². The van der Waals surface area contributed by atoms with Gasteiger partial charge in [-0.25, -0.2) is 4.98 Å². The first kappa shape index (κ1) is 17.5. The average Bonchev–Trinajstić information content (AvgIpc) is 3.15. The number of fused-ring (bicyclic) bond motifs is 1. The number of hydrogen-bond donors (Lipinski definition) is 0. The summed E-state index contributed by atoms with van der Waals surface area (Å²) in [5.41, 5.74) is 3.38. The zero-order valence-electron chi connectivity index (χ0n) is 15.0. The molecular weight excluding hydrogens is 342 g/mol. The van der Waals surface area contributed by atoms with Gasteiger partial charge in [-0.2, -0.15) is 5.26 Å². The van der Waals surface area contributed by atoms with Gasteiger partial charge in [0.1, 0.15) is 18.0 Å². The minimum absolute atomic E-state index is 0.293. The summed E-state index contributed by atoms with van der Waals surface area (Å²) in [4.78, 5) is 4.39. The molecule has 1 fully saturated rings. The minimum Gasteiger partial charge on any atom is -0.491 e. The number of nitriles is 1. The molecule has 0 unspecified atom stereocenters. The highest BCUT2D eigenvalue weighted by Crippen LogP contribution is 2.24. The topological polar surface area (TPSA) is 68.8 Å². The van der Waals surface area contributed by atoms with Gasteiger partial charge >= 0.3 is 0 Å². The third-order valence-corrected chi connectivity index (χ3v) is 4.67. The first-order chi connectivity index (χ1) is 13.3. The molecule has 1 aliphatic rings. The summed E-state index contributed by atoms with van der Waals surface area (Å²) in [5, 5.41) is 9.00. The minimum atomic E-state index is 0.293. The summed E-state index contributed by atoms with van der Waals surface area (Å²) in [6, 6.07) is 13.6. The lowest BCUT2D eigenvalue weighted by Crippen LogP contribution is -2.25. The Labute approximate surface area is 157 Å². The highest BCUT2D eigenvalue weighted by atomic mass is 16.5. The van der Waals surface area contributed by atoms with Crippen LogP contribution in [0, 0.1) is 11.3 Å². The van der Waals surface area contributed by atoms with Crippen molar-refractivity contribution in [3.63, 3.8) is 0 Å². The van der Waals surface area contributed by atoms with Crippen LogP contribution in [0.4, 0.5) is 0 Å². The monoisotopic (exact) mass is 363 g/mol. The van der Waals surface area contributed by atoms with Gasteiger partial charge in [0.15, 0.2) is 0 Å².